The van der Waals surface area contributed by atoms with E-state index in [1.807, 2.05) is 36.4 Å². The van der Waals surface area contributed by atoms with E-state index in [9.17, 15) is 10.2 Å². The monoisotopic (exact) mass is 333 g/mol. The van der Waals surface area contributed by atoms with Crippen LogP contribution in [-0.4, -0.2) is 23.0 Å². The summed E-state index contributed by atoms with van der Waals surface area (Å²) >= 11 is 0. The number of nitrogens with zero attached hydrogens (tertiary/aromatic N) is 1. The molecule has 25 heavy (non-hydrogen) atoms. The molecule has 126 valence electrons. The number of ether oxygens (including phenoxy) is 1. The fraction of sp³-hybridized carbons (Fsp3) is 0.0952. The first-order valence-electron chi connectivity index (χ1n) is 8.04. The predicted molar refractivity (Wildman–Crippen MR) is 99.1 cm³/mol. The molecular formula is C21H19NO3. The number of aromatic hydroxyl groups is 2. The van der Waals surface area contributed by atoms with Gasteiger partial charge >= 0.3 is 0 Å². The minimum atomic E-state index is 0.227. The lowest BCUT2D eigenvalue weighted by molar-refractivity contribution is 0.320. The van der Waals surface area contributed by atoms with Gasteiger partial charge in [0.2, 0.25) is 0 Å². The molecule has 0 heterocycles. The van der Waals surface area contributed by atoms with E-state index in [2.05, 4.69) is 4.99 Å². The summed E-state index contributed by atoms with van der Waals surface area (Å²) in [4.78, 5) is 4.47. The van der Waals surface area contributed by atoms with Gasteiger partial charge in [0.05, 0.1) is 6.61 Å². The third-order valence-electron chi connectivity index (χ3n) is 3.73. The Morgan fingerprint density at radius 2 is 1.56 bits per heavy atom. The van der Waals surface area contributed by atoms with Crippen LogP contribution in [0.1, 0.15) is 11.1 Å². The van der Waals surface area contributed by atoms with Crippen molar-refractivity contribution in [1.82, 2.24) is 0 Å². The summed E-state index contributed by atoms with van der Waals surface area (Å²) in [7, 11) is 0. The quantitative estimate of drug-likeness (QED) is 0.654. The Hall–Kier alpha value is -3.27. The highest BCUT2D eigenvalue weighted by molar-refractivity contribution is 5.82. The Morgan fingerprint density at radius 1 is 0.840 bits per heavy atom. The summed E-state index contributed by atoms with van der Waals surface area (Å²) in [5.74, 6) is 1.20. The molecule has 0 unspecified atom stereocenters. The van der Waals surface area contributed by atoms with Gasteiger partial charge in [-0.3, -0.25) is 4.99 Å². The highest BCUT2D eigenvalue weighted by atomic mass is 16.5. The van der Waals surface area contributed by atoms with Gasteiger partial charge in [-0.2, -0.15) is 0 Å². The number of para-hydroxylation sites is 3. The highest BCUT2D eigenvalue weighted by Gasteiger charge is 2.03. The van der Waals surface area contributed by atoms with Gasteiger partial charge in [-0.1, -0.05) is 30.3 Å². The fourth-order valence-corrected chi connectivity index (χ4v) is 2.38. The Balaban J connectivity index is 1.66. The molecular weight excluding hydrogens is 314 g/mol. The van der Waals surface area contributed by atoms with Gasteiger partial charge in [-0.15, -0.1) is 0 Å². The molecule has 0 atom stereocenters. The molecule has 4 heteroatoms. The lowest BCUT2D eigenvalue weighted by atomic mass is 10.1. The van der Waals surface area contributed by atoms with Crippen molar-refractivity contribution in [3.8, 4) is 17.2 Å². The average molecular weight is 333 g/mol. The molecule has 0 saturated carbocycles. The largest absolute Gasteiger partial charge is 0.508 e. The maximum absolute atomic E-state index is 9.80. The van der Waals surface area contributed by atoms with Crippen LogP contribution < -0.4 is 4.74 Å². The number of rotatable bonds is 6. The SMILES string of the molecule is Oc1ccc(/C=N/c2ccccc2OCCc2ccccc2O)cc1. The topological polar surface area (TPSA) is 62.1 Å². The standard InChI is InChI=1S/C21H19NO3/c23-18-11-9-16(10-12-18)15-22-19-6-2-4-8-21(19)25-14-13-17-5-1-3-7-20(17)24/h1-12,15,23-24H,13-14H2/b22-15+. The summed E-state index contributed by atoms with van der Waals surface area (Å²) in [5.41, 5.74) is 2.47. The van der Waals surface area contributed by atoms with E-state index >= 15 is 0 Å². The van der Waals surface area contributed by atoms with Crippen LogP contribution in [0.15, 0.2) is 77.8 Å². The van der Waals surface area contributed by atoms with Crippen LogP contribution in [0.2, 0.25) is 0 Å². The van der Waals surface area contributed by atoms with E-state index < -0.39 is 0 Å². The molecule has 0 spiro atoms. The van der Waals surface area contributed by atoms with Crippen molar-refractivity contribution in [2.45, 2.75) is 6.42 Å². The molecule has 3 aromatic carbocycles. The Labute approximate surface area is 146 Å². The van der Waals surface area contributed by atoms with Crippen LogP contribution in [0, 0.1) is 0 Å². The molecule has 0 amide bonds. The predicted octanol–water partition coefficient (Wildman–Crippen LogP) is 4.47. The first-order valence-corrected chi connectivity index (χ1v) is 8.04. The molecule has 0 aliphatic heterocycles. The average Bonchev–Trinajstić information content (AvgIpc) is 2.64. The smallest absolute Gasteiger partial charge is 0.144 e. The number of aliphatic imine (C=N–C) groups is 1. The minimum Gasteiger partial charge on any atom is -0.508 e. The molecule has 0 radical (unpaired) electrons. The molecule has 3 rings (SSSR count). The maximum Gasteiger partial charge on any atom is 0.144 e. The summed E-state index contributed by atoms with van der Waals surface area (Å²) in [6.45, 7) is 0.448. The molecule has 4 nitrogen and oxygen atoms in total. The summed E-state index contributed by atoms with van der Waals surface area (Å²) in [6.07, 6.45) is 2.34. The second kappa shape index (κ2) is 8.02. The van der Waals surface area contributed by atoms with Crippen LogP contribution in [-0.2, 0) is 6.42 Å². The first-order chi connectivity index (χ1) is 12.2. The normalized spacial score (nSPS) is 10.9. The Morgan fingerprint density at radius 3 is 2.36 bits per heavy atom. The van der Waals surface area contributed by atoms with E-state index in [1.54, 1.807) is 42.6 Å². The van der Waals surface area contributed by atoms with Crippen LogP contribution in [0.3, 0.4) is 0 Å². The van der Waals surface area contributed by atoms with E-state index in [0.29, 0.717) is 18.8 Å². The lowest BCUT2D eigenvalue weighted by Gasteiger charge is -2.09. The third-order valence-corrected chi connectivity index (χ3v) is 3.73. The van der Waals surface area contributed by atoms with E-state index in [1.165, 1.54) is 0 Å². The van der Waals surface area contributed by atoms with Gasteiger partial charge in [0.1, 0.15) is 22.9 Å². The molecule has 0 bridgehead atoms. The van der Waals surface area contributed by atoms with E-state index in [0.717, 1.165) is 16.8 Å². The summed E-state index contributed by atoms with van der Waals surface area (Å²) in [5, 5.41) is 19.1. The molecule has 0 aromatic heterocycles. The van der Waals surface area contributed by atoms with Crippen LogP contribution >= 0.6 is 0 Å². The third kappa shape index (κ3) is 4.61. The van der Waals surface area contributed by atoms with Gasteiger partial charge in [0.15, 0.2) is 0 Å². The molecule has 2 N–H and O–H groups in total. The highest BCUT2D eigenvalue weighted by Crippen LogP contribution is 2.27. The van der Waals surface area contributed by atoms with Gasteiger partial charge in [0.25, 0.3) is 0 Å². The van der Waals surface area contributed by atoms with Gasteiger partial charge in [-0.25, -0.2) is 0 Å². The van der Waals surface area contributed by atoms with Crippen LogP contribution in [0.4, 0.5) is 5.69 Å². The Kier molecular flexibility index (Phi) is 5.32. The number of phenols is 2. The molecule has 0 aliphatic carbocycles. The van der Waals surface area contributed by atoms with Crippen molar-refractivity contribution in [2.24, 2.45) is 4.99 Å². The zero-order valence-electron chi connectivity index (χ0n) is 13.7. The van der Waals surface area contributed by atoms with Crippen molar-refractivity contribution < 1.29 is 14.9 Å². The number of phenolic OH excluding ortho intramolecular Hbond substituents is 2. The van der Waals surface area contributed by atoms with Crippen molar-refractivity contribution >= 4 is 11.9 Å². The minimum absolute atomic E-state index is 0.227. The van der Waals surface area contributed by atoms with Gasteiger partial charge in [-0.05, 0) is 53.6 Å². The Bertz CT molecular complexity index is 857. The van der Waals surface area contributed by atoms with Gasteiger partial charge < -0.3 is 14.9 Å². The first kappa shape index (κ1) is 16.6. The van der Waals surface area contributed by atoms with E-state index in [-0.39, 0.29) is 11.5 Å². The molecule has 0 fully saturated rings. The van der Waals surface area contributed by atoms with Crippen molar-refractivity contribution in [2.75, 3.05) is 6.61 Å². The number of benzene rings is 3. The second-order valence-corrected chi connectivity index (χ2v) is 5.54. The van der Waals surface area contributed by atoms with Crippen molar-refractivity contribution in [3.63, 3.8) is 0 Å². The van der Waals surface area contributed by atoms with Crippen LogP contribution in [0.5, 0.6) is 17.2 Å². The number of hydrogen-bond donors (Lipinski definition) is 2. The number of hydrogen-bond acceptors (Lipinski definition) is 4. The van der Waals surface area contributed by atoms with Crippen molar-refractivity contribution in [3.05, 3.63) is 83.9 Å². The van der Waals surface area contributed by atoms with E-state index in [4.69, 9.17) is 4.74 Å². The zero-order valence-corrected chi connectivity index (χ0v) is 13.7. The zero-order chi connectivity index (χ0) is 17.5. The van der Waals surface area contributed by atoms with Crippen LogP contribution in [0.25, 0.3) is 0 Å². The molecule has 0 saturated heterocycles. The lowest BCUT2D eigenvalue weighted by Crippen LogP contribution is -2.01. The summed E-state index contributed by atoms with van der Waals surface area (Å²) in [6, 6.07) is 21.6. The van der Waals surface area contributed by atoms with Crippen molar-refractivity contribution in [1.29, 1.82) is 0 Å². The molecule has 3 aromatic rings. The molecule has 0 aliphatic rings. The van der Waals surface area contributed by atoms with Gasteiger partial charge in [0, 0.05) is 12.6 Å². The second-order valence-electron chi connectivity index (χ2n) is 5.54. The summed E-state index contributed by atoms with van der Waals surface area (Å²) < 4.78 is 5.84. The maximum atomic E-state index is 9.80. The fourth-order valence-electron chi connectivity index (χ4n) is 2.38.